The van der Waals surface area contributed by atoms with Crippen molar-refractivity contribution in [2.75, 3.05) is 59.4 Å². The number of hydrogen-bond donors (Lipinski definition) is 1. The molecule has 1 aromatic rings. The van der Waals surface area contributed by atoms with Gasteiger partial charge in [0.2, 0.25) is 5.91 Å². The molecule has 2 fully saturated rings. The Morgan fingerprint density at radius 2 is 1.80 bits per heavy atom. The molecule has 0 aliphatic carbocycles. The van der Waals surface area contributed by atoms with Gasteiger partial charge >= 0.3 is 0 Å². The number of hydrogen-bond acceptors (Lipinski definition) is 3. The van der Waals surface area contributed by atoms with Gasteiger partial charge in [-0.2, -0.15) is 0 Å². The van der Waals surface area contributed by atoms with Gasteiger partial charge in [0.05, 0.1) is 6.54 Å². The smallest absolute Gasteiger partial charge is 0.236 e. The van der Waals surface area contributed by atoms with E-state index in [-0.39, 0.29) is 35.7 Å². The average molecular weight is 552 g/mol. The first-order valence-corrected chi connectivity index (χ1v) is 10.8. The highest BCUT2D eigenvalue weighted by atomic mass is 127. The van der Waals surface area contributed by atoms with E-state index in [1.54, 1.807) is 13.1 Å². The number of likely N-dealkylation sites (tertiary alicyclic amines) is 1. The topological polar surface area (TPSA) is 51.2 Å². The maximum absolute atomic E-state index is 13.2. The Kier molecular flexibility index (Phi) is 10.6. The second-order valence-electron chi connectivity index (χ2n) is 7.66. The number of piperidine rings is 1. The van der Waals surface area contributed by atoms with Gasteiger partial charge in [-0.25, -0.2) is 4.39 Å². The van der Waals surface area contributed by atoms with Crippen molar-refractivity contribution in [1.82, 2.24) is 20.0 Å². The quantitative estimate of drug-likeness (QED) is 0.348. The van der Waals surface area contributed by atoms with Crippen molar-refractivity contribution in [2.24, 2.45) is 4.99 Å². The van der Waals surface area contributed by atoms with Crippen LogP contribution in [0.4, 0.5) is 4.39 Å². The summed E-state index contributed by atoms with van der Waals surface area (Å²) in [6.45, 7) is 6.39. The molecule has 0 bridgehead atoms. The van der Waals surface area contributed by atoms with Crippen molar-refractivity contribution in [3.8, 4) is 0 Å². The van der Waals surface area contributed by atoms with Crippen LogP contribution in [0.25, 0.3) is 0 Å². The third-order valence-electron chi connectivity index (χ3n) is 5.64. The minimum atomic E-state index is -0.320. The van der Waals surface area contributed by atoms with Gasteiger partial charge in [0.25, 0.3) is 0 Å². The molecule has 3 rings (SSSR count). The molecule has 0 spiro atoms. The SMILES string of the molecule is CN=C(NCCc1ccc(F)cc1Cl)N1CCN(CC(=O)N2CCCCC2)CC1.I. The molecule has 0 atom stereocenters. The number of halogens is 3. The molecule has 6 nitrogen and oxygen atoms in total. The Hall–Kier alpha value is -1.13. The molecule has 0 saturated carbocycles. The number of aliphatic imine (C=N–C) groups is 1. The average Bonchev–Trinajstić information content (AvgIpc) is 2.74. The summed E-state index contributed by atoms with van der Waals surface area (Å²) in [6, 6.07) is 4.50. The lowest BCUT2D eigenvalue weighted by Crippen LogP contribution is -2.54. The zero-order valence-corrected chi connectivity index (χ0v) is 20.7. The number of rotatable bonds is 5. The van der Waals surface area contributed by atoms with E-state index in [0.717, 1.165) is 63.6 Å². The van der Waals surface area contributed by atoms with E-state index in [1.165, 1.54) is 18.6 Å². The molecule has 30 heavy (non-hydrogen) atoms. The Balaban J connectivity index is 0.00000320. The van der Waals surface area contributed by atoms with Gasteiger partial charge in [0.1, 0.15) is 5.82 Å². The molecule has 168 valence electrons. The molecule has 1 amide bonds. The number of nitrogens with zero attached hydrogens (tertiary/aromatic N) is 4. The summed E-state index contributed by atoms with van der Waals surface area (Å²) >= 11 is 6.10. The second kappa shape index (κ2) is 12.7. The first-order valence-electron chi connectivity index (χ1n) is 10.5. The predicted molar refractivity (Wildman–Crippen MR) is 130 cm³/mol. The summed E-state index contributed by atoms with van der Waals surface area (Å²) in [6.07, 6.45) is 4.19. The highest BCUT2D eigenvalue weighted by Gasteiger charge is 2.24. The minimum absolute atomic E-state index is 0. The van der Waals surface area contributed by atoms with Crippen LogP contribution in [0.1, 0.15) is 24.8 Å². The zero-order valence-electron chi connectivity index (χ0n) is 17.6. The molecule has 0 radical (unpaired) electrons. The van der Waals surface area contributed by atoms with E-state index in [0.29, 0.717) is 24.5 Å². The molecule has 0 aromatic heterocycles. The van der Waals surface area contributed by atoms with Gasteiger partial charge in [0, 0.05) is 57.9 Å². The monoisotopic (exact) mass is 551 g/mol. The lowest BCUT2D eigenvalue weighted by molar-refractivity contribution is -0.133. The van der Waals surface area contributed by atoms with Crippen molar-refractivity contribution in [2.45, 2.75) is 25.7 Å². The summed E-state index contributed by atoms with van der Waals surface area (Å²) < 4.78 is 13.2. The minimum Gasteiger partial charge on any atom is -0.356 e. The van der Waals surface area contributed by atoms with E-state index in [9.17, 15) is 9.18 Å². The van der Waals surface area contributed by atoms with Crippen LogP contribution in [0.3, 0.4) is 0 Å². The van der Waals surface area contributed by atoms with Crippen LogP contribution in [-0.4, -0.2) is 86.0 Å². The second-order valence-corrected chi connectivity index (χ2v) is 8.07. The fourth-order valence-corrected chi connectivity index (χ4v) is 4.18. The highest BCUT2D eigenvalue weighted by Crippen LogP contribution is 2.17. The first kappa shape index (κ1) is 25.1. The lowest BCUT2D eigenvalue weighted by Gasteiger charge is -2.37. The molecule has 2 aliphatic heterocycles. The van der Waals surface area contributed by atoms with Crippen LogP contribution in [-0.2, 0) is 11.2 Å². The summed E-state index contributed by atoms with van der Waals surface area (Å²) in [5.41, 5.74) is 0.914. The van der Waals surface area contributed by atoms with Crippen LogP contribution in [0.5, 0.6) is 0 Å². The number of amides is 1. The molecular formula is C21H32ClFIN5O. The number of nitrogens with one attached hydrogen (secondary N) is 1. The molecule has 2 saturated heterocycles. The number of carbonyl (C=O) groups is 1. The summed E-state index contributed by atoms with van der Waals surface area (Å²) in [7, 11) is 1.78. The third kappa shape index (κ3) is 7.23. The van der Waals surface area contributed by atoms with Crippen molar-refractivity contribution in [3.63, 3.8) is 0 Å². The number of guanidine groups is 1. The van der Waals surface area contributed by atoms with E-state index in [4.69, 9.17) is 11.6 Å². The van der Waals surface area contributed by atoms with Gasteiger partial charge in [-0.05, 0) is 43.4 Å². The normalized spacial score (nSPS) is 18.2. The van der Waals surface area contributed by atoms with E-state index >= 15 is 0 Å². The first-order chi connectivity index (χ1) is 14.1. The largest absolute Gasteiger partial charge is 0.356 e. The number of benzene rings is 1. The molecular weight excluding hydrogens is 520 g/mol. The fraction of sp³-hybridized carbons (Fsp3) is 0.619. The van der Waals surface area contributed by atoms with Gasteiger partial charge in [-0.3, -0.25) is 14.7 Å². The predicted octanol–water partition coefficient (Wildman–Crippen LogP) is 2.85. The van der Waals surface area contributed by atoms with Gasteiger partial charge < -0.3 is 15.1 Å². The van der Waals surface area contributed by atoms with Crippen LogP contribution >= 0.6 is 35.6 Å². The zero-order chi connectivity index (χ0) is 20.6. The Labute approximate surface area is 200 Å². The number of piperazine rings is 1. The van der Waals surface area contributed by atoms with E-state index in [1.807, 2.05) is 4.90 Å². The third-order valence-corrected chi connectivity index (χ3v) is 6.00. The Bertz CT molecular complexity index is 721. The Morgan fingerprint density at radius 3 is 2.43 bits per heavy atom. The molecule has 2 aliphatic rings. The van der Waals surface area contributed by atoms with Crippen molar-refractivity contribution in [1.29, 1.82) is 0 Å². The fourth-order valence-electron chi connectivity index (χ4n) is 3.92. The summed E-state index contributed by atoms with van der Waals surface area (Å²) in [5.74, 6) is 0.793. The maximum atomic E-state index is 13.2. The standard InChI is InChI=1S/C21H31ClFN5O.HI/c1-24-21(25-8-7-17-5-6-18(23)15-19(17)22)28-13-11-26(12-14-28)16-20(29)27-9-3-2-4-10-27;/h5-6,15H,2-4,7-14,16H2,1H3,(H,24,25);1H. The maximum Gasteiger partial charge on any atom is 0.236 e. The Morgan fingerprint density at radius 1 is 1.10 bits per heavy atom. The van der Waals surface area contributed by atoms with E-state index < -0.39 is 0 Å². The van der Waals surface area contributed by atoms with Crippen molar-refractivity contribution >= 4 is 47.4 Å². The summed E-state index contributed by atoms with van der Waals surface area (Å²) in [5, 5.41) is 3.82. The van der Waals surface area contributed by atoms with E-state index in [2.05, 4.69) is 20.1 Å². The van der Waals surface area contributed by atoms with Gasteiger partial charge in [-0.1, -0.05) is 17.7 Å². The van der Waals surface area contributed by atoms with Gasteiger partial charge in [-0.15, -0.1) is 24.0 Å². The summed E-state index contributed by atoms with van der Waals surface area (Å²) in [4.78, 5) is 23.3. The van der Waals surface area contributed by atoms with Crippen molar-refractivity contribution < 1.29 is 9.18 Å². The highest BCUT2D eigenvalue weighted by molar-refractivity contribution is 14.0. The van der Waals surface area contributed by atoms with Crippen LogP contribution in [0, 0.1) is 5.82 Å². The molecule has 0 unspecified atom stereocenters. The molecule has 1 aromatic carbocycles. The van der Waals surface area contributed by atoms with Crippen molar-refractivity contribution in [3.05, 3.63) is 34.6 Å². The molecule has 1 N–H and O–H groups in total. The van der Waals surface area contributed by atoms with Crippen LogP contribution in [0.15, 0.2) is 23.2 Å². The lowest BCUT2D eigenvalue weighted by atomic mass is 10.1. The van der Waals surface area contributed by atoms with Crippen LogP contribution < -0.4 is 5.32 Å². The molecule has 9 heteroatoms. The molecule has 2 heterocycles. The number of carbonyl (C=O) groups excluding carboxylic acids is 1. The van der Waals surface area contributed by atoms with Crippen LogP contribution in [0.2, 0.25) is 5.02 Å². The van der Waals surface area contributed by atoms with Gasteiger partial charge in [0.15, 0.2) is 5.96 Å².